The van der Waals surface area contributed by atoms with Gasteiger partial charge in [0.1, 0.15) is 5.69 Å². The lowest BCUT2D eigenvalue weighted by atomic mass is 10.0. The Balaban J connectivity index is 1.17. The zero-order chi connectivity index (χ0) is 29.2. The summed E-state index contributed by atoms with van der Waals surface area (Å²) in [6.45, 7) is 4.10. The molecule has 0 spiro atoms. The standard InChI is InChI=1S/C33H32N6O3/c1-37-15-17-39(18-16-37)26-11-9-24(10-12-26)34-21-28-27-13-8-23(20-29(27)36-32(28)41)31(40)22-5-3-6-25(19-22)35-33(42)30-7-4-14-38(30)2/h3-14,19-21,36,41H,15-18H2,1-2H3,(H,35,42). The minimum atomic E-state index is -0.254. The van der Waals surface area contributed by atoms with Crippen LogP contribution in [0.25, 0.3) is 10.9 Å². The quantitative estimate of drug-likeness (QED) is 0.188. The zero-order valence-corrected chi connectivity index (χ0v) is 23.5. The van der Waals surface area contributed by atoms with Gasteiger partial charge in [0.15, 0.2) is 11.7 Å². The highest BCUT2D eigenvalue weighted by Crippen LogP contribution is 2.29. The van der Waals surface area contributed by atoms with Crippen LogP contribution in [-0.2, 0) is 7.05 Å². The van der Waals surface area contributed by atoms with E-state index < -0.39 is 0 Å². The molecule has 42 heavy (non-hydrogen) atoms. The van der Waals surface area contributed by atoms with Crippen LogP contribution < -0.4 is 10.2 Å². The number of nitrogens with zero attached hydrogens (tertiary/aromatic N) is 4. The smallest absolute Gasteiger partial charge is 0.272 e. The number of H-pyrrole nitrogens is 1. The van der Waals surface area contributed by atoms with E-state index in [1.165, 1.54) is 5.69 Å². The molecule has 0 unspecified atom stereocenters. The Morgan fingerprint density at radius 1 is 0.905 bits per heavy atom. The maximum atomic E-state index is 13.3. The predicted molar refractivity (Wildman–Crippen MR) is 167 cm³/mol. The highest BCUT2D eigenvalue weighted by Gasteiger charge is 2.16. The van der Waals surface area contributed by atoms with Crippen molar-refractivity contribution in [2.45, 2.75) is 0 Å². The Hall–Kier alpha value is -5.15. The number of likely N-dealkylation sites (N-methyl/N-ethyl adjacent to an activating group) is 1. The molecular weight excluding hydrogens is 528 g/mol. The van der Waals surface area contributed by atoms with Gasteiger partial charge in [-0.05, 0) is 61.6 Å². The number of rotatable bonds is 7. The van der Waals surface area contributed by atoms with Crippen LogP contribution in [0.4, 0.5) is 17.1 Å². The molecule has 6 rings (SSSR count). The van der Waals surface area contributed by atoms with Crippen molar-refractivity contribution >= 4 is 45.9 Å². The molecule has 0 atom stereocenters. The van der Waals surface area contributed by atoms with E-state index in [1.54, 1.807) is 78.6 Å². The molecule has 212 valence electrons. The second-order valence-electron chi connectivity index (χ2n) is 10.6. The number of carbonyl (C=O) groups excluding carboxylic acids is 2. The number of amides is 1. The number of benzene rings is 3. The second-order valence-corrected chi connectivity index (χ2v) is 10.6. The Kier molecular flexibility index (Phi) is 7.33. The van der Waals surface area contributed by atoms with Gasteiger partial charge in [0.25, 0.3) is 5.91 Å². The van der Waals surface area contributed by atoms with Crippen LogP contribution in [0.2, 0.25) is 0 Å². The molecule has 3 aromatic carbocycles. The van der Waals surface area contributed by atoms with Crippen LogP contribution in [0.5, 0.6) is 5.88 Å². The van der Waals surface area contributed by atoms with E-state index in [1.807, 2.05) is 12.1 Å². The van der Waals surface area contributed by atoms with Crippen molar-refractivity contribution in [3.63, 3.8) is 0 Å². The number of ketones is 1. The van der Waals surface area contributed by atoms with E-state index in [0.717, 1.165) is 37.3 Å². The SMILES string of the molecule is CN1CCN(c2ccc(N=Cc3c(O)[nH]c4cc(C(=O)c5cccc(NC(=O)c6cccn6C)c5)ccc34)cc2)CC1. The fraction of sp³-hybridized carbons (Fsp3) is 0.182. The van der Waals surface area contributed by atoms with Crippen molar-refractivity contribution in [2.24, 2.45) is 12.0 Å². The van der Waals surface area contributed by atoms with Crippen molar-refractivity contribution in [3.05, 3.63) is 107 Å². The number of aromatic hydroxyl groups is 1. The number of aromatic amines is 1. The van der Waals surface area contributed by atoms with Crippen LogP contribution >= 0.6 is 0 Å². The van der Waals surface area contributed by atoms with Gasteiger partial charge < -0.3 is 29.8 Å². The Morgan fingerprint density at radius 2 is 1.67 bits per heavy atom. The first kappa shape index (κ1) is 27.0. The Labute approximate surface area is 243 Å². The fourth-order valence-electron chi connectivity index (χ4n) is 5.23. The second kappa shape index (κ2) is 11.4. The van der Waals surface area contributed by atoms with E-state index in [9.17, 15) is 14.7 Å². The average molecular weight is 561 g/mol. The average Bonchev–Trinajstić information content (AvgIpc) is 3.57. The fourth-order valence-corrected chi connectivity index (χ4v) is 5.23. The van der Waals surface area contributed by atoms with Gasteiger partial charge in [-0.25, -0.2) is 0 Å². The number of anilines is 2. The molecule has 1 fully saturated rings. The lowest BCUT2D eigenvalue weighted by Gasteiger charge is -2.34. The summed E-state index contributed by atoms with van der Waals surface area (Å²) < 4.78 is 1.73. The normalized spacial score (nSPS) is 14.1. The summed E-state index contributed by atoms with van der Waals surface area (Å²) in [6.07, 6.45) is 3.44. The van der Waals surface area contributed by atoms with E-state index in [2.05, 4.69) is 44.3 Å². The maximum absolute atomic E-state index is 13.3. The van der Waals surface area contributed by atoms with Crippen molar-refractivity contribution in [1.29, 1.82) is 0 Å². The number of aromatic nitrogens is 2. The molecule has 9 heteroatoms. The molecule has 0 radical (unpaired) electrons. The Morgan fingerprint density at radius 3 is 2.40 bits per heavy atom. The first-order chi connectivity index (χ1) is 20.4. The molecule has 1 aliphatic heterocycles. The summed E-state index contributed by atoms with van der Waals surface area (Å²) in [5.74, 6) is -0.468. The molecule has 0 aliphatic carbocycles. The van der Waals surface area contributed by atoms with E-state index >= 15 is 0 Å². The zero-order valence-electron chi connectivity index (χ0n) is 23.5. The summed E-state index contributed by atoms with van der Waals surface area (Å²) in [4.78, 5) is 38.2. The molecule has 1 amide bonds. The van der Waals surface area contributed by atoms with Gasteiger partial charge in [0, 0.05) is 79.0 Å². The summed E-state index contributed by atoms with van der Waals surface area (Å²) in [6, 6.07) is 23.7. The molecule has 2 aromatic heterocycles. The maximum Gasteiger partial charge on any atom is 0.272 e. The monoisotopic (exact) mass is 560 g/mol. The van der Waals surface area contributed by atoms with Gasteiger partial charge in [0.2, 0.25) is 0 Å². The third-order valence-corrected chi connectivity index (χ3v) is 7.70. The molecule has 1 saturated heterocycles. The lowest BCUT2D eigenvalue weighted by Crippen LogP contribution is -2.44. The first-order valence-corrected chi connectivity index (χ1v) is 13.9. The minimum Gasteiger partial charge on any atom is -0.494 e. The van der Waals surface area contributed by atoms with Crippen LogP contribution in [0.3, 0.4) is 0 Å². The largest absolute Gasteiger partial charge is 0.494 e. The summed E-state index contributed by atoms with van der Waals surface area (Å²) in [7, 11) is 3.94. The molecule has 3 heterocycles. The van der Waals surface area contributed by atoms with Crippen molar-refractivity contribution < 1.29 is 14.7 Å². The highest BCUT2D eigenvalue weighted by molar-refractivity contribution is 6.13. The first-order valence-electron chi connectivity index (χ1n) is 13.9. The van der Waals surface area contributed by atoms with Crippen molar-refractivity contribution in [1.82, 2.24) is 14.5 Å². The van der Waals surface area contributed by atoms with Crippen LogP contribution in [0.1, 0.15) is 32.0 Å². The van der Waals surface area contributed by atoms with E-state index in [0.29, 0.717) is 33.6 Å². The van der Waals surface area contributed by atoms with Gasteiger partial charge in [-0.3, -0.25) is 14.6 Å². The third-order valence-electron chi connectivity index (χ3n) is 7.70. The predicted octanol–water partition coefficient (Wildman–Crippen LogP) is 5.20. The number of aryl methyl sites for hydroxylation is 1. The number of hydrogen-bond donors (Lipinski definition) is 3. The van der Waals surface area contributed by atoms with E-state index in [-0.39, 0.29) is 17.6 Å². The number of fused-ring (bicyclic) bond motifs is 1. The molecule has 3 N–H and O–H groups in total. The van der Waals surface area contributed by atoms with Gasteiger partial charge in [-0.15, -0.1) is 0 Å². The molecule has 1 aliphatic rings. The van der Waals surface area contributed by atoms with Gasteiger partial charge in [-0.1, -0.05) is 24.3 Å². The minimum absolute atomic E-state index is 0.0159. The van der Waals surface area contributed by atoms with Crippen molar-refractivity contribution in [3.8, 4) is 5.88 Å². The molecule has 0 saturated carbocycles. The van der Waals surface area contributed by atoms with Gasteiger partial charge in [0.05, 0.1) is 11.3 Å². The van der Waals surface area contributed by atoms with Gasteiger partial charge in [-0.2, -0.15) is 0 Å². The number of nitrogens with one attached hydrogen (secondary N) is 2. The number of aliphatic imine (C=N–C) groups is 1. The molecule has 0 bridgehead atoms. The molecular formula is C33H32N6O3. The molecule has 5 aromatic rings. The summed E-state index contributed by atoms with van der Waals surface area (Å²) in [5.41, 5.74) is 5.09. The van der Waals surface area contributed by atoms with Crippen LogP contribution in [-0.4, -0.2) is 70.7 Å². The lowest BCUT2D eigenvalue weighted by molar-refractivity contribution is 0.101. The van der Waals surface area contributed by atoms with Crippen LogP contribution in [0.15, 0.2) is 90.1 Å². The van der Waals surface area contributed by atoms with Gasteiger partial charge >= 0.3 is 0 Å². The van der Waals surface area contributed by atoms with Crippen molar-refractivity contribution in [2.75, 3.05) is 43.4 Å². The highest BCUT2D eigenvalue weighted by atomic mass is 16.3. The number of hydrogen-bond acceptors (Lipinski definition) is 6. The Bertz CT molecular complexity index is 1790. The number of carbonyl (C=O) groups is 2. The summed E-state index contributed by atoms with van der Waals surface area (Å²) >= 11 is 0. The topological polar surface area (TPSA) is 106 Å². The molecule has 9 nitrogen and oxygen atoms in total. The summed E-state index contributed by atoms with van der Waals surface area (Å²) in [5, 5.41) is 14.2. The third kappa shape index (κ3) is 5.55. The van der Waals surface area contributed by atoms with Crippen LogP contribution in [0, 0.1) is 0 Å². The number of piperazine rings is 1. The van der Waals surface area contributed by atoms with E-state index in [4.69, 9.17) is 0 Å².